The highest BCUT2D eigenvalue weighted by Gasteiger charge is 2.40. The van der Waals surface area contributed by atoms with Crippen molar-refractivity contribution in [3.63, 3.8) is 0 Å². The van der Waals surface area contributed by atoms with Crippen molar-refractivity contribution in [1.29, 1.82) is 0 Å². The van der Waals surface area contributed by atoms with Gasteiger partial charge in [-0.05, 0) is 38.8 Å². The van der Waals surface area contributed by atoms with E-state index < -0.39 is 10.0 Å². The molecule has 2 N–H and O–H groups in total. The molecule has 1 aromatic heterocycles. The van der Waals surface area contributed by atoms with Crippen LogP contribution >= 0.6 is 0 Å². The molecule has 0 aromatic carbocycles. The maximum absolute atomic E-state index is 12.5. The number of nitrogens with zero attached hydrogens (tertiary/aromatic N) is 2. The lowest BCUT2D eigenvalue weighted by Crippen LogP contribution is -2.42. The molecule has 1 aliphatic heterocycles. The Morgan fingerprint density at radius 1 is 1.44 bits per heavy atom. The summed E-state index contributed by atoms with van der Waals surface area (Å²) >= 11 is 0. The van der Waals surface area contributed by atoms with Gasteiger partial charge in [0.15, 0.2) is 0 Å². The molecule has 2 rings (SSSR count). The highest BCUT2D eigenvalue weighted by Crippen LogP contribution is 2.33. The fourth-order valence-corrected chi connectivity index (χ4v) is 4.13. The highest BCUT2D eigenvalue weighted by molar-refractivity contribution is 7.89. The standard InChI is InChI=1S/C12H19N3O2S/c1-12(2)6-3-7-15(12)18(16,17)11-5-4-10(8-13)14-9-11/h4-5,9H,3,6-8,13H2,1-2H3. The summed E-state index contributed by atoms with van der Waals surface area (Å²) in [5.74, 6) is 0. The summed E-state index contributed by atoms with van der Waals surface area (Å²) in [6.07, 6.45) is 3.19. The molecule has 2 heterocycles. The minimum atomic E-state index is -3.44. The predicted octanol–water partition coefficient (Wildman–Crippen LogP) is 1.10. The molecule has 100 valence electrons. The van der Waals surface area contributed by atoms with Gasteiger partial charge in [0.25, 0.3) is 0 Å². The van der Waals surface area contributed by atoms with Crippen LogP contribution in [0.4, 0.5) is 0 Å². The van der Waals surface area contributed by atoms with E-state index in [2.05, 4.69) is 4.98 Å². The van der Waals surface area contributed by atoms with E-state index in [-0.39, 0.29) is 10.4 Å². The van der Waals surface area contributed by atoms with Gasteiger partial charge in [0.1, 0.15) is 4.90 Å². The Balaban J connectivity index is 2.36. The van der Waals surface area contributed by atoms with E-state index in [1.54, 1.807) is 16.4 Å². The molecule has 1 aromatic rings. The van der Waals surface area contributed by atoms with E-state index in [1.807, 2.05) is 13.8 Å². The first-order valence-corrected chi connectivity index (χ1v) is 7.50. The van der Waals surface area contributed by atoms with Crippen LogP contribution in [0.1, 0.15) is 32.4 Å². The summed E-state index contributed by atoms with van der Waals surface area (Å²) in [5.41, 5.74) is 5.83. The molecule has 0 unspecified atom stereocenters. The van der Waals surface area contributed by atoms with Crippen LogP contribution in [0.2, 0.25) is 0 Å². The molecule has 0 radical (unpaired) electrons. The van der Waals surface area contributed by atoms with Gasteiger partial charge in [-0.25, -0.2) is 8.42 Å². The van der Waals surface area contributed by atoms with Gasteiger partial charge in [-0.3, -0.25) is 4.98 Å². The van der Waals surface area contributed by atoms with E-state index in [0.717, 1.165) is 12.8 Å². The number of hydrogen-bond donors (Lipinski definition) is 1. The van der Waals surface area contributed by atoms with Crippen LogP contribution in [0.25, 0.3) is 0 Å². The number of rotatable bonds is 3. The van der Waals surface area contributed by atoms with Crippen molar-refractivity contribution in [2.45, 2.75) is 43.7 Å². The summed E-state index contributed by atoms with van der Waals surface area (Å²) in [5, 5.41) is 0. The summed E-state index contributed by atoms with van der Waals surface area (Å²) in [6.45, 7) is 4.81. The molecule has 18 heavy (non-hydrogen) atoms. The fraction of sp³-hybridized carbons (Fsp3) is 0.583. The van der Waals surface area contributed by atoms with Crippen molar-refractivity contribution in [2.24, 2.45) is 5.73 Å². The van der Waals surface area contributed by atoms with Gasteiger partial charge >= 0.3 is 0 Å². The molecule has 1 aliphatic rings. The molecule has 1 fully saturated rings. The Kier molecular flexibility index (Phi) is 3.44. The lowest BCUT2D eigenvalue weighted by atomic mass is 10.0. The zero-order valence-electron chi connectivity index (χ0n) is 10.8. The largest absolute Gasteiger partial charge is 0.325 e. The van der Waals surface area contributed by atoms with Gasteiger partial charge in [0.05, 0.1) is 5.69 Å². The molecular formula is C12H19N3O2S. The van der Waals surface area contributed by atoms with Crippen LogP contribution in [0.5, 0.6) is 0 Å². The van der Waals surface area contributed by atoms with E-state index >= 15 is 0 Å². The van der Waals surface area contributed by atoms with Crippen LogP contribution in [0, 0.1) is 0 Å². The van der Waals surface area contributed by atoms with Gasteiger partial charge < -0.3 is 5.73 Å². The minimum absolute atomic E-state index is 0.245. The number of hydrogen-bond acceptors (Lipinski definition) is 4. The van der Waals surface area contributed by atoms with Gasteiger partial charge in [0.2, 0.25) is 10.0 Å². The second-order valence-corrected chi connectivity index (χ2v) is 7.04. The van der Waals surface area contributed by atoms with E-state index in [4.69, 9.17) is 5.73 Å². The summed E-state index contributed by atoms with van der Waals surface area (Å²) in [7, 11) is -3.44. The Morgan fingerprint density at radius 3 is 2.61 bits per heavy atom. The first kappa shape index (κ1) is 13.5. The fourth-order valence-electron chi connectivity index (χ4n) is 2.34. The van der Waals surface area contributed by atoms with Crippen molar-refractivity contribution in [3.8, 4) is 0 Å². The van der Waals surface area contributed by atoms with Crippen LogP contribution < -0.4 is 5.73 Å². The average molecular weight is 269 g/mol. The maximum Gasteiger partial charge on any atom is 0.245 e. The molecule has 1 saturated heterocycles. The van der Waals surface area contributed by atoms with Gasteiger partial charge in [-0.15, -0.1) is 0 Å². The first-order valence-electron chi connectivity index (χ1n) is 6.06. The normalized spacial score (nSPS) is 20.2. The van der Waals surface area contributed by atoms with Crippen LogP contribution in [-0.4, -0.2) is 29.8 Å². The molecule has 0 atom stereocenters. The Hall–Kier alpha value is -0.980. The monoisotopic (exact) mass is 269 g/mol. The quantitative estimate of drug-likeness (QED) is 0.891. The molecule has 0 spiro atoms. The molecular weight excluding hydrogens is 250 g/mol. The lowest BCUT2D eigenvalue weighted by Gasteiger charge is -2.30. The molecule has 5 nitrogen and oxygen atoms in total. The van der Waals surface area contributed by atoms with E-state index in [9.17, 15) is 8.42 Å². The predicted molar refractivity (Wildman–Crippen MR) is 69.3 cm³/mol. The molecule has 6 heteroatoms. The molecule has 0 bridgehead atoms. The van der Waals surface area contributed by atoms with Crippen molar-refractivity contribution in [3.05, 3.63) is 24.0 Å². The lowest BCUT2D eigenvalue weighted by molar-refractivity contribution is 0.291. The second-order valence-electron chi connectivity index (χ2n) is 5.18. The van der Waals surface area contributed by atoms with E-state index in [0.29, 0.717) is 18.8 Å². The first-order chi connectivity index (χ1) is 8.38. The zero-order chi connectivity index (χ0) is 13.4. The highest BCUT2D eigenvalue weighted by atomic mass is 32.2. The number of aromatic nitrogens is 1. The van der Waals surface area contributed by atoms with Gasteiger partial charge in [-0.2, -0.15) is 4.31 Å². The summed E-state index contributed by atoms with van der Waals surface area (Å²) in [6, 6.07) is 3.24. The topological polar surface area (TPSA) is 76.3 Å². The van der Waals surface area contributed by atoms with Crippen LogP contribution in [0.15, 0.2) is 23.2 Å². The van der Waals surface area contributed by atoms with E-state index in [1.165, 1.54) is 6.20 Å². The number of sulfonamides is 1. The molecule has 0 saturated carbocycles. The third-order valence-electron chi connectivity index (χ3n) is 3.42. The number of pyridine rings is 1. The maximum atomic E-state index is 12.5. The third kappa shape index (κ3) is 2.28. The van der Waals surface area contributed by atoms with Crippen LogP contribution in [-0.2, 0) is 16.6 Å². The summed E-state index contributed by atoms with van der Waals surface area (Å²) in [4.78, 5) is 4.30. The Bertz CT molecular complexity index is 523. The van der Waals surface area contributed by atoms with Crippen LogP contribution in [0.3, 0.4) is 0 Å². The smallest absolute Gasteiger partial charge is 0.245 e. The average Bonchev–Trinajstić information content (AvgIpc) is 2.69. The van der Waals surface area contributed by atoms with Gasteiger partial charge in [-0.1, -0.05) is 0 Å². The third-order valence-corrected chi connectivity index (χ3v) is 5.51. The molecule has 0 amide bonds. The van der Waals surface area contributed by atoms with Gasteiger partial charge in [0, 0.05) is 24.8 Å². The second kappa shape index (κ2) is 4.60. The number of nitrogens with two attached hydrogens (primary N) is 1. The minimum Gasteiger partial charge on any atom is -0.325 e. The molecule has 0 aliphatic carbocycles. The Morgan fingerprint density at radius 2 is 2.17 bits per heavy atom. The van der Waals surface area contributed by atoms with Crippen molar-refractivity contribution in [2.75, 3.05) is 6.54 Å². The van der Waals surface area contributed by atoms with Crippen molar-refractivity contribution >= 4 is 10.0 Å². The van der Waals surface area contributed by atoms with Crippen molar-refractivity contribution in [1.82, 2.24) is 9.29 Å². The van der Waals surface area contributed by atoms with Crippen molar-refractivity contribution < 1.29 is 8.42 Å². The summed E-state index contributed by atoms with van der Waals surface area (Å²) < 4.78 is 26.6. The SMILES string of the molecule is CC1(C)CCCN1S(=O)(=O)c1ccc(CN)nc1. The Labute approximate surface area is 108 Å². The zero-order valence-corrected chi connectivity index (χ0v) is 11.6.